The van der Waals surface area contributed by atoms with Crippen molar-refractivity contribution in [2.45, 2.75) is 52.5 Å². The predicted octanol–water partition coefficient (Wildman–Crippen LogP) is 4.39. The molecule has 2 nitrogen and oxygen atoms in total. The first kappa shape index (κ1) is 15.6. The zero-order chi connectivity index (χ0) is 13.8. The van der Waals surface area contributed by atoms with Gasteiger partial charge in [0, 0.05) is 0 Å². The minimum Gasteiger partial charge on any atom is -0.413 e. The fourth-order valence-electron chi connectivity index (χ4n) is 1.41. The SMILES string of the molecule is C[Si](C)(C)OCc1cccc(CO[Si](C)(C)C)c1. The number of benzene rings is 1. The Morgan fingerprint density at radius 3 is 1.50 bits per heavy atom. The van der Waals surface area contributed by atoms with Crippen LogP contribution in [0.5, 0.6) is 0 Å². The number of hydrogen-bond donors (Lipinski definition) is 0. The molecular weight excluding hydrogens is 256 g/mol. The second-order valence-corrected chi connectivity index (χ2v) is 15.6. The number of rotatable bonds is 6. The molecule has 0 aliphatic carbocycles. The van der Waals surface area contributed by atoms with Crippen LogP contribution in [0, 0.1) is 0 Å². The molecule has 102 valence electrons. The topological polar surface area (TPSA) is 18.5 Å². The van der Waals surface area contributed by atoms with E-state index < -0.39 is 16.6 Å². The summed E-state index contributed by atoms with van der Waals surface area (Å²) in [6.07, 6.45) is 0. The van der Waals surface area contributed by atoms with E-state index >= 15 is 0 Å². The summed E-state index contributed by atoms with van der Waals surface area (Å²) >= 11 is 0. The zero-order valence-corrected chi connectivity index (χ0v) is 14.5. The highest BCUT2D eigenvalue weighted by Crippen LogP contribution is 2.13. The summed E-state index contributed by atoms with van der Waals surface area (Å²) in [5.41, 5.74) is 2.49. The van der Waals surface area contributed by atoms with Gasteiger partial charge in [-0.25, -0.2) is 0 Å². The van der Waals surface area contributed by atoms with Crippen molar-refractivity contribution in [1.82, 2.24) is 0 Å². The van der Waals surface area contributed by atoms with Crippen molar-refractivity contribution < 1.29 is 8.85 Å². The smallest absolute Gasteiger partial charge is 0.184 e. The lowest BCUT2D eigenvalue weighted by Crippen LogP contribution is -2.25. The van der Waals surface area contributed by atoms with Crippen LogP contribution in [-0.2, 0) is 22.1 Å². The maximum atomic E-state index is 5.92. The Morgan fingerprint density at radius 1 is 0.778 bits per heavy atom. The Labute approximate surface area is 114 Å². The minimum atomic E-state index is -1.43. The third-order valence-electron chi connectivity index (χ3n) is 2.34. The Kier molecular flexibility index (Phi) is 5.34. The van der Waals surface area contributed by atoms with E-state index in [0.29, 0.717) is 0 Å². The van der Waals surface area contributed by atoms with Gasteiger partial charge in [-0.05, 0) is 50.4 Å². The van der Waals surface area contributed by atoms with Gasteiger partial charge in [-0.2, -0.15) is 0 Å². The molecule has 0 aliphatic rings. The monoisotopic (exact) mass is 282 g/mol. The van der Waals surface area contributed by atoms with Crippen molar-refractivity contribution in [3.63, 3.8) is 0 Å². The molecule has 1 aromatic rings. The van der Waals surface area contributed by atoms with Crippen LogP contribution in [0.3, 0.4) is 0 Å². The maximum absolute atomic E-state index is 5.92. The van der Waals surface area contributed by atoms with Crippen molar-refractivity contribution in [1.29, 1.82) is 0 Å². The predicted molar refractivity (Wildman–Crippen MR) is 82.7 cm³/mol. The first-order valence-electron chi connectivity index (χ1n) is 6.51. The van der Waals surface area contributed by atoms with E-state index in [-0.39, 0.29) is 0 Å². The van der Waals surface area contributed by atoms with Gasteiger partial charge in [-0.3, -0.25) is 0 Å². The fraction of sp³-hybridized carbons (Fsp3) is 0.571. The van der Waals surface area contributed by atoms with Crippen LogP contribution in [0.25, 0.3) is 0 Å². The van der Waals surface area contributed by atoms with Crippen LogP contribution in [0.2, 0.25) is 39.3 Å². The Hall–Kier alpha value is -0.426. The summed E-state index contributed by atoms with van der Waals surface area (Å²) in [5.74, 6) is 0. The van der Waals surface area contributed by atoms with Gasteiger partial charge in [-0.1, -0.05) is 24.3 Å². The Bertz CT molecular complexity index is 345. The summed E-state index contributed by atoms with van der Waals surface area (Å²) in [6, 6.07) is 8.53. The quantitative estimate of drug-likeness (QED) is 0.720. The first-order valence-corrected chi connectivity index (χ1v) is 13.3. The van der Waals surface area contributed by atoms with Crippen LogP contribution >= 0.6 is 0 Å². The third-order valence-corrected chi connectivity index (χ3v) is 4.36. The highest BCUT2D eigenvalue weighted by atomic mass is 28.4. The molecule has 0 bridgehead atoms. The standard InChI is InChI=1S/C14H26O2Si2/c1-17(2,3)15-11-13-8-7-9-14(10-13)12-16-18(4,5)6/h7-10H,11-12H2,1-6H3. The van der Waals surface area contributed by atoms with Crippen LogP contribution in [0.1, 0.15) is 11.1 Å². The van der Waals surface area contributed by atoms with E-state index in [4.69, 9.17) is 8.85 Å². The molecule has 0 N–H and O–H groups in total. The van der Waals surface area contributed by atoms with E-state index in [0.717, 1.165) is 13.2 Å². The van der Waals surface area contributed by atoms with E-state index in [9.17, 15) is 0 Å². The molecule has 0 heterocycles. The molecule has 0 radical (unpaired) electrons. The molecule has 1 rings (SSSR count). The van der Waals surface area contributed by atoms with E-state index in [1.54, 1.807) is 0 Å². The van der Waals surface area contributed by atoms with E-state index in [2.05, 4.69) is 63.5 Å². The lowest BCUT2D eigenvalue weighted by atomic mass is 10.1. The second kappa shape index (κ2) is 6.15. The molecule has 0 saturated heterocycles. The Morgan fingerprint density at radius 2 is 1.17 bits per heavy atom. The summed E-state index contributed by atoms with van der Waals surface area (Å²) < 4.78 is 11.8. The van der Waals surface area contributed by atoms with Gasteiger partial charge in [0.15, 0.2) is 16.6 Å². The van der Waals surface area contributed by atoms with Crippen molar-refractivity contribution in [3.8, 4) is 0 Å². The normalized spacial score (nSPS) is 12.8. The minimum absolute atomic E-state index is 0.719. The molecule has 0 spiro atoms. The summed E-state index contributed by atoms with van der Waals surface area (Å²) in [5, 5.41) is 0. The van der Waals surface area contributed by atoms with E-state index in [1.165, 1.54) is 11.1 Å². The largest absolute Gasteiger partial charge is 0.413 e. The number of hydrogen-bond acceptors (Lipinski definition) is 2. The maximum Gasteiger partial charge on any atom is 0.184 e. The van der Waals surface area contributed by atoms with Crippen LogP contribution in [-0.4, -0.2) is 16.6 Å². The molecular formula is C14H26O2Si2. The lowest BCUT2D eigenvalue weighted by molar-refractivity contribution is 0.293. The molecule has 0 fully saturated rings. The summed E-state index contributed by atoms with van der Waals surface area (Å²) in [7, 11) is -2.86. The van der Waals surface area contributed by atoms with Gasteiger partial charge in [0.1, 0.15) is 0 Å². The molecule has 0 aliphatic heterocycles. The van der Waals surface area contributed by atoms with Gasteiger partial charge >= 0.3 is 0 Å². The van der Waals surface area contributed by atoms with E-state index in [1.807, 2.05) is 0 Å². The van der Waals surface area contributed by atoms with Crippen LogP contribution in [0.15, 0.2) is 24.3 Å². The molecule has 4 heteroatoms. The zero-order valence-electron chi connectivity index (χ0n) is 12.5. The highest BCUT2D eigenvalue weighted by Gasteiger charge is 2.15. The molecule has 18 heavy (non-hydrogen) atoms. The molecule has 1 aromatic carbocycles. The molecule has 0 saturated carbocycles. The van der Waals surface area contributed by atoms with Gasteiger partial charge < -0.3 is 8.85 Å². The van der Waals surface area contributed by atoms with Crippen LogP contribution in [0.4, 0.5) is 0 Å². The average Bonchev–Trinajstić information content (AvgIpc) is 2.22. The van der Waals surface area contributed by atoms with Crippen molar-refractivity contribution in [2.24, 2.45) is 0 Å². The second-order valence-electron chi connectivity index (χ2n) is 6.62. The van der Waals surface area contributed by atoms with Gasteiger partial charge in [0.2, 0.25) is 0 Å². The molecule has 0 unspecified atom stereocenters. The van der Waals surface area contributed by atoms with Gasteiger partial charge in [-0.15, -0.1) is 0 Å². The molecule has 0 amide bonds. The van der Waals surface area contributed by atoms with Crippen LogP contribution < -0.4 is 0 Å². The van der Waals surface area contributed by atoms with Crippen molar-refractivity contribution in [2.75, 3.05) is 0 Å². The highest BCUT2D eigenvalue weighted by molar-refractivity contribution is 6.70. The third kappa shape index (κ3) is 7.11. The van der Waals surface area contributed by atoms with Gasteiger partial charge in [0.05, 0.1) is 13.2 Å². The van der Waals surface area contributed by atoms with Gasteiger partial charge in [0.25, 0.3) is 0 Å². The molecule has 0 atom stereocenters. The van der Waals surface area contributed by atoms with Crippen molar-refractivity contribution in [3.05, 3.63) is 35.4 Å². The first-order chi connectivity index (χ1) is 8.16. The summed E-state index contributed by atoms with van der Waals surface area (Å²) in [6.45, 7) is 14.7. The molecule has 0 aromatic heterocycles. The Balaban J connectivity index is 2.57. The summed E-state index contributed by atoms with van der Waals surface area (Å²) in [4.78, 5) is 0. The fourth-order valence-corrected chi connectivity index (χ4v) is 2.61. The average molecular weight is 283 g/mol. The van der Waals surface area contributed by atoms with Crippen molar-refractivity contribution >= 4 is 16.6 Å². The lowest BCUT2D eigenvalue weighted by Gasteiger charge is -2.19.